The van der Waals surface area contributed by atoms with Crippen molar-refractivity contribution in [2.24, 2.45) is 0 Å². The normalized spacial score (nSPS) is 31.7. The second kappa shape index (κ2) is 5.38. The molecule has 1 unspecified atom stereocenters. The number of ether oxygens (including phenoxy) is 2. The molecule has 0 aromatic heterocycles. The highest BCUT2D eigenvalue weighted by Crippen LogP contribution is 2.39. The SMILES string of the molecule is COC(=O)C=CC1(C)OCCC2(CCCC2)OO1. The van der Waals surface area contributed by atoms with Gasteiger partial charge in [0.25, 0.3) is 0 Å². The molecule has 5 nitrogen and oxygen atoms in total. The number of carbonyl (C=O) groups excluding carboxylic acids is 1. The summed E-state index contributed by atoms with van der Waals surface area (Å²) in [4.78, 5) is 22.1. The third-order valence-corrected chi connectivity index (χ3v) is 3.57. The van der Waals surface area contributed by atoms with Crippen molar-refractivity contribution in [3.63, 3.8) is 0 Å². The zero-order chi connectivity index (χ0) is 13.1. The van der Waals surface area contributed by atoms with E-state index in [0.29, 0.717) is 6.61 Å². The topological polar surface area (TPSA) is 54.0 Å². The van der Waals surface area contributed by atoms with Gasteiger partial charge in [0.2, 0.25) is 5.79 Å². The number of hydrogen-bond acceptors (Lipinski definition) is 5. The van der Waals surface area contributed by atoms with Crippen LogP contribution in [0.3, 0.4) is 0 Å². The van der Waals surface area contributed by atoms with Gasteiger partial charge in [-0.05, 0) is 25.8 Å². The van der Waals surface area contributed by atoms with Crippen molar-refractivity contribution < 1.29 is 24.0 Å². The predicted molar refractivity (Wildman–Crippen MR) is 63.5 cm³/mol. The first-order valence-corrected chi connectivity index (χ1v) is 6.36. The second-order valence-electron chi connectivity index (χ2n) is 5.03. The van der Waals surface area contributed by atoms with Gasteiger partial charge in [-0.15, -0.1) is 0 Å². The van der Waals surface area contributed by atoms with Gasteiger partial charge in [-0.2, -0.15) is 4.89 Å². The van der Waals surface area contributed by atoms with Crippen LogP contribution in [-0.2, 0) is 24.0 Å². The highest BCUT2D eigenvalue weighted by atomic mass is 17.2. The standard InChI is InChI=1S/C13H20O5/c1-12(8-5-11(14)15-2)16-10-9-13(18-17-12)6-3-4-7-13/h5,8H,3-4,6-7,9-10H2,1-2H3. The summed E-state index contributed by atoms with van der Waals surface area (Å²) in [7, 11) is 1.33. The van der Waals surface area contributed by atoms with Gasteiger partial charge in [-0.25, -0.2) is 9.68 Å². The molecule has 1 atom stereocenters. The Balaban J connectivity index is 1.98. The largest absolute Gasteiger partial charge is 0.466 e. The minimum absolute atomic E-state index is 0.198. The average Bonchev–Trinajstić information content (AvgIpc) is 2.76. The third kappa shape index (κ3) is 3.10. The third-order valence-electron chi connectivity index (χ3n) is 3.57. The smallest absolute Gasteiger partial charge is 0.330 e. The fraction of sp³-hybridized carbons (Fsp3) is 0.769. The highest BCUT2D eigenvalue weighted by Gasteiger charge is 2.41. The molecule has 18 heavy (non-hydrogen) atoms. The summed E-state index contributed by atoms with van der Waals surface area (Å²) >= 11 is 0. The molecule has 0 radical (unpaired) electrons. The lowest BCUT2D eigenvalue weighted by atomic mass is 9.99. The molecule has 1 saturated heterocycles. The van der Waals surface area contributed by atoms with Crippen LogP contribution in [0.5, 0.6) is 0 Å². The van der Waals surface area contributed by atoms with E-state index in [0.717, 1.165) is 32.1 Å². The Morgan fingerprint density at radius 1 is 1.22 bits per heavy atom. The molecule has 0 bridgehead atoms. The first-order valence-electron chi connectivity index (χ1n) is 6.36. The van der Waals surface area contributed by atoms with Gasteiger partial charge in [0.05, 0.1) is 13.7 Å². The van der Waals surface area contributed by atoms with Crippen LogP contribution < -0.4 is 0 Å². The molecular weight excluding hydrogens is 236 g/mol. The van der Waals surface area contributed by atoms with Gasteiger partial charge >= 0.3 is 5.97 Å². The first-order chi connectivity index (χ1) is 8.58. The fourth-order valence-electron chi connectivity index (χ4n) is 2.39. The van der Waals surface area contributed by atoms with Crippen molar-refractivity contribution >= 4 is 5.97 Å². The van der Waals surface area contributed by atoms with Gasteiger partial charge in [0.15, 0.2) is 0 Å². The Hall–Kier alpha value is -0.910. The molecule has 0 amide bonds. The molecule has 0 aromatic carbocycles. The summed E-state index contributed by atoms with van der Waals surface area (Å²) in [5, 5.41) is 0. The van der Waals surface area contributed by atoms with Crippen LogP contribution in [0.4, 0.5) is 0 Å². The van der Waals surface area contributed by atoms with E-state index in [-0.39, 0.29) is 5.60 Å². The van der Waals surface area contributed by atoms with Crippen LogP contribution in [0.25, 0.3) is 0 Å². The van der Waals surface area contributed by atoms with Gasteiger partial charge in [-0.1, -0.05) is 12.8 Å². The fourth-order valence-corrected chi connectivity index (χ4v) is 2.39. The molecule has 1 aliphatic heterocycles. The second-order valence-corrected chi connectivity index (χ2v) is 5.03. The van der Waals surface area contributed by atoms with Gasteiger partial charge in [-0.3, -0.25) is 0 Å². The summed E-state index contributed by atoms with van der Waals surface area (Å²) < 4.78 is 10.2. The highest BCUT2D eigenvalue weighted by molar-refractivity contribution is 5.81. The Kier molecular flexibility index (Phi) is 4.04. The summed E-state index contributed by atoms with van der Waals surface area (Å²) in [6.07, 6.45) is 7.98. The van der Waals surface area contributed by atoms with Crippen LogP contribution in [-0.4, -0.2) is 31.1 Å². The maximum atomic E-state index is 11.1. The lowest BCUT2D eigenvalue weighted by molar-refractivity contribution is -0.429. The van der Waals surface area contributed by atoms with E-state index in [9.17, 15) is 4.79 Å². The zero-order valence-corrected chi connectivity index (χ0v) is 10.9. The lowest BCUT2D eigenvalue weighted by Crippen LogP contribution is -2.32. The molecule has 2 fully saturated rings. The van der Waals surface area contributed by atoms with E-state index in [1.54, 1.807) is 6.92 Å². The van der Waals surface area contributed by atoms with Gasteiger partial charge in [0.1, 0.15) is 5.60 Å². The van der Waals surface area contributed by atoms with Crippen molar-refractivity contribution in [3.8, 4) is 0 Å². The molecule has 1 spiro atoms. The van der Waals surface area contributed by atoms with Crippen LogP contribution in [0.1, 0.15) is 39.0 Å². The van der Waals surface area contributed by atoms with Crippen molar-refractivity contribution in [2.45, 2.75) is 50.4 Å². The van der Waals surface area contributed by atoms with Crippen LogP contribution in [0.2, 0.25) is 0 Å². The summed E-state index contributed by atoms with van der Waals surface area (Å²) in [5.74, 6) is -1.47. The first kappa shape index (κ1) is 13.5. The minimum Gasteiger partial charge on any atom is -0.466 e. The summed E-state index contributed by atoms with van der Waals surface area (Å²) in [5.41, 5.74) is -0.198. The Morgan fingerprint density at radius 2 is 1.94 bits per heavy atom. The van der Waals surface area contributed by atoms with Crippen molar-refractivity contribution in [3.05, 3.63) is 12.2 Å². The van der Waals surface area contributed by atoms with E-state index in [1.807, 2.05) is 0 Å². The van der Waals surface area contributed by atoms with Gasteiger partial charge in [0, 0.05) is 12.5 Å². The monoisotopic (exact) mass is 256 g/mol. The van der Waals surface area contributed by atoms with Crippen molar-refractivity contribution in [1.29, 1.82) is 0 Å². The number of hydrogen-bond donors (Lipinski definition) is 0. The Labute approximate surface area is 107 Å². The zero-order valence-electron chi connectivity index (χ0n) is 10.9. The molecule has 1 aliphatic carbocycles. The number of rotatable bonds is 2. The van der Waals surface area contributed by atoms with Crippen LogP contribution in [0.15, 0.2) is 12.2 Å². The van der Waals surface area contributed by atoms with Crippen molar-refractivity contribution in [1.82, 2.24) is 0 Å². The number of carbonyl (C=O) groups is 1. The molecule has 1 heterocycles. The summed E-state index contributed by atoms with van der Waals surface area (Å²) in [6, 6.07) is 0. The summed E-state index contributed by atoms with van der Waals surface area (Å²) in [6.45, 7) is 2.28. The van der Waals surface area contributed by atoms with E-state index < -0.39 is 11.8 Å². The van der Waals surface area contributed by atoms with Crippen molar-refractivity contribution in [2.75, 3.05) is 13.7 Å². The maximum absolute atomic E-state index is 11.1. The quantitative estimate of drug-likeness (QED) is 0.430. The molecule has 2 aliphatic rings. The molecule has 1 saturated carbocycles. The maximum Gasteiger partial charge on any atom is 0.330 e. The van der Waals surface area contributed by atoms with E-state index in [2.05, 4.69) is 4.74 Å². The molecule has 0 N–H and O–H groups in total. The van der Waals surface area contributed by atoms with Gasteiger partial charge < -0.3 is 9.47 Å². The molecule has 2 rings (SSSR count). The average molecular weight is 256 g/mol. The van der Waals surface area contributed by atoms with Crippen LogP contribution in [0, 0.1) is 0 Å². The predicted octanol–water partition coefficient (Wildman–Crippen LogP) is 2.11. The van der Waals surface area contributed by atoms with Crippen LogP contribution >= 0.6 is 0 Å². The molecule has 5 heteroatoms. The molecule has 102 valence electrons. The minimum atomic E-state index is -1.03. The molecule has 0 aromatic rings. The number of esters is 1. The van der Waals surface area contributed by atoms with E-state index in [4.69, 9.17) is 14.5 Å². The number of methoxy groups -OCH3 is 1. The Morgan fingerprint density at radius 3 is 2.61 bits per heavy atom. The van der Waals surface area contributed by atoms with E-state index in [1.165, 1.54) is 19.3 Å². The lowest BCUT2D eigenvalue weighted by Gasteiger charge is -2.27. The van der Waals surface area contributed by atoms with E-state index >= 15 is 0 Å². The Bertz CT molecular complexity index is 332. The molecular formula is C13H20O5.